The van der Waals surface area contributed by atoms with Crippen LogP contribution in [0.2, 0.25) is 0 Å². The summed E-state index contributed by atoms with van der Waals surface area (Å²) in [4.78, 5) is 25.0. The number of nitrogens with one attached hydrogen (secondary N) is 1. The van der Waals surface area contributed by atoms with E-state index in [9.17, 15) is 19.8 Å². The first-order valence-electron chi connectivity index (χ1n) is 5.40. The van der Waals surface area contributed by atoms with Crippen molar-refractivity contribution in [2.75, 3.05) is 6.61 Å². The Balaban J connectivity index is 2.42. The molecule has 1 aromatic rings. The van der Waals surface area contributed by atoms with Crippen molar-refractivity contribution in [3.63, 3.8) is 0 Å². The standard InChI is InChI=1S/C10H14N2O5S/c1-4-2-12(10(17)11-8(4)16)9-7(15)6(14)5(3-13)18-9/h2,5-7,9,13-15H,3H2,1H3,(H,11,16,17)/t5-,6+,7+,9+/m0/s1. The molecule has 8 heteroatoms. The number of rotatable bonds is 2. The Bertz CT molecular complexity index is 554. The Morgan fingerprint density at radius 1 is 1.39 bits per heavy atom. The van der Waals surface area contributed by atoms with E-state index >= 15 is 0 Å². The summed E-state index contributed by atoms with van der Waals surface area (Å²) >= 11 is 1.10. The molecule has 7 nitrogen and oxygen atoms in total. The monoisotopic (exact) mass is 274 g/mol. The summed E-state index contributed by atoms with van der Waals surface area (Å²) in [6.07, 6.45) is -0.937. The van der Waals surface area contributed by atoms with Gasteiger partial charge in [-0.05, 0) is 6.92 Å². The van der Waals surface area contributed by atoms with Crippen LogP contribution in [-0.4, -0.2) is 48.9 Å². The van der Waals surface area contributed by atoms with Crippen LogP contribution in [0.1, 0.15) is 10.9 Å². The highest BCUT2D eigenvalue weighted by Gasteiger charge is 2.43. The minimum atomic E-state index is -1.17. The smallest absolute Gasteiger partial charge is 0.329 e. The molecule has 0 radical (unpaired) electrons. The van der Waals surface area contributed by atoms with Crippen LogP contribution in [0.4, 0.5) is 0 Å². The van der Waals surface area contributed by atoms with Gasteiger partial charge in [-0.1, -0.05) is 0 Å². The first-order valence-corrected chi connectivity index (χ1v) is 6.34. The van der Waals surface area contributed by atoms with Crippen molar-refractivity contribution in [2.24, 2.45) is 0 Å². The van der Waals surface area contributed by atoms with Crippen molar-refractivity contribution in [3.05, 3.63) is 32.6 Å². The van der Waals surface area contributed by atoms with Crippen molar-refractivity contribution >= 4 is 11.8 Å². The maximum Gasteiger partial charge on any atom is 0.329 e. The lowest BCUT2D eigenvalue weighted by molar-refractivity contribution is 0.0101. The van der Waals surface area contributed by atoms with Gasteiger partial charge in [0, 0.05) is 11.8 Å². The van der Waals surface area contributed by atoms with Gasteiger partial charge >= 0.3 is 5.69 Å². The predicted octanol–water partition coefficient (Wildman–Crippen LogP) is -1.83. The molecule has 1 fully saturated rings. The highest BCUT2D eigenvalue weighted by atomic mass is 32.2. The zero-order chi connectivity index (χ0) is 13.4. The fourth-order valence-corrected chi connectivity index (χ4v) is 3.26. The lowest BCUT2D eigenvalue weighted by Gasteiger charge is -2.17. The van der Waals surface area contributed by atoms with Crippen LogP contribution >= 0.6 is 11.8 Å². The molecule has 0 aromatic carbocycles. The van der Waals surface area contributed by atoms with Gasteiger partial charge in [0.15, 0.2) is 0 Å². The van der Waals surface area contributed by atoms with E-state index in [4.69, 9.17) is 5.11 Å². The second kappa shape index (κ2) is 4.88. The molecule has 100 valence electrons. The second-order valence-corrected chi connectivity index (χ2v) is 5.57. The molecule has 0 aliphatic carbocycles. The molecule has 18 heavy (non-hydrogen) atoms. The van der Waals surface area contributed by atoms with Gasteiger partial charge in [-0.25, -0.2) is 4.79 Å². The average Bonchev–Trinajstić information content (AvgIpc) is 2.61. The van der Waals surface area contributed by atoms with Gasteiger partial charge < -0.3 is 15.3 Å². The quantitative estimate of drug-likeness (QED) is 0.504. The summed E-state index contributed by atoms with van der Waals surface area (Å²) in [5, 5.41) is 27.3. The first-order chi connectivity index (χ1) is 8.45. The van der Waals surface area contributed by atoms with Crippen molar-refractivity contribution in [1.82, 2.24) is 9.55 Å². The van der Waals surface area contributed by atoms with Crippen LogP contribution < -0.4 is 11.2 Å². The van der Waals surface area contributed by atoms with E-state index in [0.29, 0.717) is 5.56 Å². The molecule has 1 aliphatic rings. The van der Waals surface area contributed by atoms with Crippen molar-refractivity contribution in [1.29, 1.82) is 0 Å². The number of hydrogen-bond acceptors (Lipinski definition) is 6. The zero-order valence-corrected chi connectivity index (χ0v) is 10.4. The number of aromatic nitrogens is 2. The third kappa shape index (κ3) is 2.12. The van der Waals surface area contributed by atoms with E-state index in [-0.39, 0.29) is 6.61 Å². The Morgan fingerprint density at radius 3 is 2.61 bits per heavy atom. The number of aromatic amines is 1. The van der Waals surface area contributed by atoms with Crippen LogP contribution in [0.15, 0.2) is 15.8 Å². The van der Waals surface area contributed by atoms with Gasteiger partial charge in [-0.15, -0.1) is 11.8 Å². The SMILES string of the molecule is Cc1cn([C@@H]2S[C@@H](CO)[C@@H](O)[C@H]2O)c(=O)[nH]c1=O. The van der Waals surface area contributed by atoms with E-state index in [0.717, 1.165) is 11.8 Å². The highest BCUT2D eigenvalue weighted by molar-refractivity contribution is 8.00. The summed E-state index contributed by atoms with van der Waals surface area (Å²) in [7, 11) is 0. The summed E-state index contributed by atoms with van der Waals surface area (Å²) in [6.45, 7) is 1.25. The fourth-order valence-electron chi connectivity index (χ4n) is 1.88. The van der Waals surface area contributed by atoms with Crippen molar-refractivity contribution in [2.45, 2.75) is 29.8 Å². The summed E-state index contributed by atoms with van der Waals surface area (Å²) in [5.74, 6) is 0. The molecule has 0 bridgehead atoms. The molecule has 2 rings (SSSR count). The third-order valence-corrected chi connectivity index (χ3v) is 4.50. The summed E-state index contributed by atoms with van der Waals surface area (Å²) < 4.78 is 1.17. The maximum atomic E-state index is 11.7. The number of aliphatic hydroxyl groups is 3. The van der Waals surface area contributed by atoms with E-state index in [1.807, 2.05) is 0 Å². The van der Waals surface area contributed by atoms with Crippen LogP contribution in [0, 0.1) is 6.92 Å². The van der Waals surface area contributed by atoms with Gasteiger partial charge in [0.25, 0.3) is 5.56 Å². The van der Waals surface area contributed by atoms with E-state index in [1.54, 1.807) is 6.92 Å². The number of H-pyrrole nitrogens is 1. The predicted molar refractivity (Wildman–Crippen MR) is 65.6 cm³/mol. The molecule has 0 unspecified atom stereocenters. The normalized spacial score (nSPS) is 31.8. The molecule has 0 spiro atoms. The van der Waals surface area contributed by atoms with Crippen LogP contribution in [0.3, 0.4) is 0 Å². The van der Waals surface area contributed by atoms with Crippen LogP contribution in [0.5, 0.6) is 0 Å². The number of hydrogen-bond donors (Lipinski definition) is 4. The largest absolute Gasteiger partial charge is 0.395 e. The lowest BCUT2D eigenvalue weighted by Crippen LogP contribution is -2.38. The number of aryl methyl sites for hydroxylation is 1. The molecule has 0 saturated carbocycles. The maximum absolute atomic E-state index is 11.7. The molecular formula is C10H14N2O5S. The van der Waals surface area contributed by atoms with Gasteiger partial charge in [0.1, 0.15) is 11.5 Å². The number of aliphatic hydroxyl groups excluding tert-OH is 3. The van der Waals surface area contributed by atoms with Crippen molar-refractivity contribution in [3.8, 4) is 0 Å². The average molecular weight is 274 g/mol. The van der Waals surface area contributed by atoms with Crippen molar-refractivity contribution < 1.29 is 15.3 Å². The Morgan fingerprint density at radius 2 is 2.06 bits per heavy atom. The first kappa shape index (κ1) is 13.3. The zero-order valence-electron chi connectivity index (χ0n) is 9.61. The Labute approximate surface area is 106 Å². The van der Waals surface area contributed by atoms with Gasteiger partial charge in [0.2, 0.25) is 0 Å². The molecule has 1 saturated heterocycles. The molecule has 0 amide bonds. The fraction of sp³-hybridized carbons (Fsp3) is 0.600. The molecule has 4 atom stereocenters. The van der Waals surface area contributed by atoms with Gasteiger partial charge in [-0.3, -0.25) is 14.3 Å². The molecule has 4 N–H and O–H groups in total. The van der Waals surface area contributed by atoms with Gasteiger partial charge in [0.05, 0.1) is 18.0 Å². The number of nitrogens with zero attached hydrogens (tertiary/aromatic N) is 1. The third-order valence-electron chi connectivity index (χ3n) is 2.94. The van der Waals surface area contributed by atoms with E-state index in [1.165, 1.54) is 10.8 Å². The lowest BCUT2D eigenvalue weighted by atomic mass is 10.1. The molecule has 2 heterocycles. The second-order valence-electron chi connectivity index (χ2n) is 4.21. The summed E-state index contributed by atoms with van der Waals surface area (Å²) in [5.41, 5.74) is -0.787. The highest BCUT2D eigenvalue weighted by Crippen LogP contribution is 2.40. The number of thioether (sulfide) groups is 1. The van der Waals surface area contributed by atoms with E-state index < -0.39 is 34.1 Å². The molecular weight excluding hydrogens is 260 g/mol. The molecule has 1 aromatic heterocycles. The summed E-state index contributed by atoms with van der Waals surface area (Å²) in [6, 6.07) is 0. The van der Waals surface area contributed by atoms with E-state index in [2.05, 4.69) is 4.98 Å². The van der Waals surface area contributed by atoms with Gasteiger partial charge in [-0.2, -0.15) is 0 Å². The Kier molecular flexibility index (Phi) is 3.62. The molecule has 1 aliphatic heterocycles. The Hall–Kier alpha value is -1.09. The van der Waals surface area contributed by atoms with Crippen LogP contribution in [0.25, 0.3) is 0 Å². The topological polar surface area (TPSA) is 116 Å². The van der Waals surface area contributed by atoms with Crippen LogP contribution in [-0.2, 0) is 0 Å². The minimum Gasteiger partial charge on any atom is -0.395 e. The minimum absolute atomic E-state index is 0.295.